The number of benzene rings is 1. The lowest BCUT2D eigenvalue weighted by Crippen LogP contribution is -2.27. The fourth-order valence-electron chi connectivity index (χ4n) is 1.29. The molecular weight excluding hydrogens is 152 g/mol. The van der Waals surface area contributed by atoms with Crippen LogP contribution in [0.2, 0.25) is 0 Å². The van der Waals surface area contributed by atoms with E-state index in [0.717, 1.165) is 23.7 Å². The number of anilines is 2. The molecule has 12 heavy (non-hydrogen) atoms. The van der Waals surface area contributed by atoms with Gasteiger partial charge >= 0.3 is 0 Å². The molecule has 1 aromatic rings. The van der Waals surface area contributed by atoms with Crippen molar-refractivity contribution in [2.75, 3.05) is 17.6 Å². The van der Waals surface area contributed by atoms with Crippen LogP contribution in [-0.4, -0.2) is 12.6 Å². The van der Waals surface area contributed by atoms with Gasteiger partial charge in [0.1, 0.15) is 11.9 Å². The third-order valence-corrected chi connectivity index (χ3v) is 1.91. The van der Waals surface area contributed by atoms with Gasteiger partial charge in [-0.15, -0.1) is 0 Å². The minimum Gasteiger partial charge on any atom is -0.487 e. The monoisotopic (exact) mass is 164 g/mol. The molecule has 64 valence electrons. The first-order chi connectivity index (χ1) is 5.75. The zero-order valence-corrected chi connectivity index (χ0v) is 7.00. The van der Waals surface area contributed by atoms with Gasteiger partial charge in [0, 0.05) is 11.8 Å². The number of hydrogen-bond acceptors (Lipinski definition) is 3. The Morgan fingerprint density at radius 3 is 3.25 bits per heavy atom. The van der Waals surface area contributed by atoms with Gasteiger partial charge < -0.3 is 15.8 Å². The molecule has 0 fully saturated rings. The van der Waals surface area contributed by atoms with Crippen molar-refractivity contribution in [2.24, 2.45) is 0 Å². The maximum Gasteiger partial charge on any atom is 0.144 e. The number of nitrogen functional groups attached to an aromatic ring is 1. The normalized spacial score (nSPS) is 20.6. The Labute approximate surface area is 71.5 Å². The number of ether oxygens (including phenoxy) is 1. The first kappa shape index (κ1) is 7.28. The maximum absolute atomic E-state index is 5.62. The van der Waals surface area contributed by atoms with Gasteiger partial charge in [0.05, 0.1) is 12.2 Å². The zero-order valence-electron chi connectivity index (χ0n) is 7.00. The van der Waals surface area contributed by atoms with Crippen molar-refractivity contribution >= 4 is 11.4 Å². The van der Waals surface area contributed by atoms with Crippen LogP contribution in [0.1, 0.15) is 6.92 Å². The highest BCUT2D eigenvalue weighted by Crippen LogP contribution is 2.30. The van der Waals surface area contributed by atoms with Crippen molar-refractivity contribution in [3.63, 3.8) is 0 Å². The fourth-order valence-corrected chi connectivity index (χ4v) is 1.29. The van der Waals surface area contributed by atoms with Gasteiger partial charge in [0.15, 0.2) is 0 Å². The molecule has 3 nitrogen and oxygen atoms in total. The van der Waals surface area contributed by atoms with Gasteiger partial charge in [0.2, 0.25) is 0 Å². The Morgan fingerprint density at radius 1 is 1.58 bits per heavy atom. The molecule has 0 saturated heterocycles. The lowest BCUT2D eigenvalue weighted by molar-refractivity contribution is 0.226. The first-order valence-electron chi connectivity index (χ1n) is 4.06. The van der Waals surface area contributed by atoms with Crippen molar-refractivity contribution in [1.29, 1.82) is 0 Å². The summed E-state index contributed by atoms with van der Waals surface area (Å²) >= 11 is 0. The van der Waals surface area contributed by atoms with E-state index in [1.807, 2.05) is 25.1 Å². The van der Waals surface area contributed by atoms with Crippen LogP contribution >= 0.6 is 0 Å². The van der Waals surface area contributed by atoms with Crippen LogP contribution in [0, 0.1) is 0 Å². The van der Waals surface area contributed by atoms with Crippen molar-refractivity contribution in [1.82, 2.24) is 0 Å². The fraction of sp³-hybridized carbons (Fsp3) is 0.333. The van der Waals surface area contributed by atoms with Crippen molar-refractivity contribution < 1.29 is 4.74 Å². The summed E-state index contributed by atoms with van der Waals surface area (Å²) in [5.74, 6) is 0.855. The lowest BCUT2D eigenvalue weighted by Gasteiger charge is -2.24. The van der Waals surface area contributed by atoms with Crippen molar-refractivity contribution in [2.45, 2.75) is 13.0 Å². The van der Waals surface area contributed by atoms with E-state index in [4.69, 9.17) is 10.5 Å². The number of hydrogen-bond donors (Lipinski definition) is 2. The van der Waals surface area contributed by atoms with E-state index in [-0.39, 0.29) is 6.10 Å². The van der Waals surface area contributed by atoms with Gasteiger partial charge in [-0.1, -0.05) is 0 Å². The predicted molar refractivity (Wildman–Crippen MR) is 49.4 cm³/mol. The second-order valence-electron chi connectivity index (χ2n) is 3.06. The van der Waals surface area contributed by atoms with Gasteiger partial charge in [0.25, 0.3) is 0 Å². The molecule has 1 unspecified atom stereocenters. The highest BCUT2D eigenvalue weighted by molar-refractivity contribution is 5.63. The third-order valence-electron chi connectivity index (χ3n) is 1.91. The smallest absolute Gasteiger partial charge is 0.144 e. The molecule has 3 heteroatoms. The molecule has 0 spiro atoms. The van der Waals surface area contributed by atoms with Crippen LogP contribution in [-0.2, 0) is 0 Å². The van der Waals surface area contributed by atoms with Crippen LogP contribution in [0.3, 0.4) is 0 Å². The van der Waals surface area contributed by atoms with Crippen LogP contribution in [0.4, 0.5) is 11.4 Å². The highest BCUT2D eigenvalue weighted by Gasteiger charge is 2.14. The number of nitrogens with one attached hydrogen (secondary N) is 1. The molecule has 1 atom stereocenters. The van der Waals surface area contributed by atoms with Crippen LogP contribution in [0.5, 0.6) is 5.75 Å². The maximum atomic E-state index is 5.62. The Kier molecular flexibility index (Phi) is 1.57. The summed E-state index contributed by atoms with van der Waals surface area (Å²) in [6, 6.07) is 5.65. The largest absolute Gasteiger partial charge is 0.487 e. The second kappa shape index (κ2) is 2.59. The molecule has 0 amide bonds. The summed E-state index contributed by atoms with van der Waals surface area (Å²) in [6.07, 6.45) is 0.222. The van der Waals surface area contributed by atoms with E-state index in [1.54, 1.807) is 0 Å². The van der Waals surface area contributed by atoms with Crippen LogP contribution < -0.4 is 15.8 Å². The molecule has 2 rings (SSSR count). The summed E-state index contributed by atoms with van der Waals surface area (Å²) in [6.45, 7) is 2.88. The van der Waals surface area contributed by atoms with E-state index in [1.165, 1.54) is 0 Å². The molecule has 0 bridgehead atoms. The standard InChI is InChI=1S/C9H12N2O/c1-6-5-11-8-3-2-7(10)4-9(8)12-6/h2-4,6,11H,5,10H2,1H3. The predicted octanol–water partition coefficient (Wildman–Crippen LogP) is 1.46. The molecule has 0 saturated carbocycles. The van der Waals surface area contributed by atoms with Crippen molar-refractivity contribution in [3.05, 3.63) is 18.2 Å². The SMILES string of the molecule is CC1CNc2ccc(N)cc2O1. The van der Waals surface area contributed by atoms with Crippen LogP contribution in [0.15, 0.2) is 18.2 Å². The Morgan fingerprint density at radius 2 is 2.42 bits per heavy atom. The quantitative estimate of drug-likeness (QED) is 0.571. The first-order valence-corrected chi connectivity index (χ1v) is 4.06. The Hall–Kier alpha value is -1.38. The Balaban J connectivity index is 2.37. The van der Waals surface area contributed by atoms with Crippen molar-refractivity contribution in [3.8, 4) is 5.75 Å². The number of nitrogens with two attached hydrogens (primary N) is 1. The Bertz CT molecular complexity index is 299. The highest BCUT2D eigenvalue weighted by atomic mass is 16.5. The van der Waals surface area contributed by atoms with E-state index in [0.29, 0.717) is 0 Å². The minimum atomic E-state index is 0.222. The molecule has 1 aliphatic rings. The van der Waals surface area contributed by atoms with Gasteiger partial charge in [-0.25, -0.2) is 0 Å². The van der Waals surface area contributed by atoms with E-state index < -0.39 is 0 Å². The summed E-state index contributed by atoms with van der Waals surface area (Å²) < 4.78 is 5.57. The summed E-state index contributed by atoms with van der Waals surface area (Å²) in [7, 11) is 0. The summed E-state index contributed by atoms with van der Waals surface area (Å²) in [4.78, 5) is 0. The van der Waals surface area contributed by atoms with E-state index in [2.05, 4.69) is 5.32 Å². The summed E-state index contributed by atoms with van der Waals surface area (Å²) in [5.41, 5.74) is 7.39. The molecule has 1 heterocycles. The molecule has 1 aliphatic heterocycles. The number of fused-ring (bicyclic) bond motifs is 1. The molecule has 1 aromatic carbocycles. The molecular formula is C9H12N2O. The van der Waals surface area contributed by atoms with Gasteiger partial charge in [-0.05, 0) is 19.1 Å². The van der Waals surface area contributed by atoms with Crippen LogP contribution in [0.25, 0.3) is 0 Å². The topological polar surface area (TPSA) is 47.3 Å². The average molecular weight is 164 g/mol. The third kappa shape index (κ3) is 1.18. The molecule has 0 radical (unpaired) electrons. The summed E-state index contributed by atoms with van der Waals surface area (Å²) in [5, 5.41) is 3.26. The van der Waals surface area contributed by atoms with E-state index >= 15 is 0 Å². The van der Waals surface area contributed by atoms with Gasteiger partial charge in [-0.3, -0.25) is 0 Å². The molecule has 0 aliphatic carbocycles. The lowest BCUT2D eigenvalue weighted by atomic mass is 10.2. The van der Waals surface area contributed by atoms with E-state index in [9.17, 15) is 0 Å². The van der Waals surface area contributed by atoms with Gasteiger partial charge in [-0.2, -0.15) is 0 Å². The zero-order chi connectivity index (χ0) is 8.55. The minimum absolute atomic E-state index is 0.222. The molecule has 0 aromatic heterocycles. The second-order valence-corrected chi connectivity index (χ2v) is 3.06. The molecule has 3 N–H and O–H groups in total. The number of rotatable bonds is 0. The average Bonchev–Trinajstić information content (AvgIpc) is 2.03.